The topological polar surface area (TPSA) is 85.6 Å². The number of amides is 1. The summed E-state index contributed by atoms with van der Waals surface area (Å²) in [6, 6.07) is 11.8. The van der Waals surface area contributed by atoms with E-state index in [9.17, 15) is 4.79 Å². The van der Waals surface area contributed by atoms with Gasteiger partial charge in [0.1, 0.15) is 5.82 Å². The highest BCUT2D eigenvalue weighted by atomic mass is 32.1. The largest absolute Gasteiger partial charge is 0.310 e. The number of nitrogens with one attached hydrogen (secondary N) is 1. The zero-order chi connectivity index (χ0) is 19.1. The number of rotatable bonds is 3. The lowest BCUT2D eigenvalue weighted by atomic mass is 9.87. The van der Waals surface area contributed by atoms with Crippen LogP contribution in [0.3, 0.4) is 0 Å². The molecule has 28 heavy (non-hydrogen) atoms. The van der Waals surface area contributed by atoms with Crippen molar-refractivity contribution in [3.05, 3.63) is 70.2 Å². The zero-order valence-corrected chi connectivity index (χ0v) is 15.8. The van der Waals surface area contributed by atoms with Crippen molar-refractivity contribution in [3.63, 3.8) is 0 Å². The van der Waals surface area contributed by atoms with E-state index in [4.69, 9.17) is 0 Å². The van der Waals surface area contributed by atoms with Crippen LogP contribution in [-0.2, 0) is 4.79 Å². The molecule has 0 bridgehead atoms. The van der Waals surface area contributed by atoms with Crippen molar-refractivity contribution < 1.29 is 4.79 Å². The smallest absolute Gasteiger partial charge is 0.272 e. The Balaban J connectivity index is 1.64. The lowest BCUT2D eigenvalue weighted by molar-refractivity contribution is -0.116. The van der Waals surface area contributed by atoms with Gasteiger partial charge in [0.05, 0.1) is 17.6 Å². The third-order valence-corrected chi connectivity index (χ3v) is 5.56. The summed E-state index contributed by atoms with van der Waals surface area (Å²) in [6.45, 7) is 1.95. The van der Waals surface area contributed by atoms with Crippen molar-refractivity contribution in [2.45, 2.75) is 19.3 Å². The number of benzene rings is 1. The summed E-state index contributed by atoms with van der Waals surface area (Å²) in [5, 5.41) is 20.0. The van der Waals surface area contributed by atoms with Crippen LogP contribution in [-0.4, -0.2) is 30.9 Å². The molecule has 7 nitrogen and oxygen atoms in total. The summed E-state index contributed by atoms with van der Waals surface area (Å²) in [6.07, 6.45) is 2.02. The number of carbonyl (C=O) groups excluding carboxylic acids is 1. The van der Waals surface area contributed by atoms with E-state index in [1.54, 1.807) is 22.2 Å². The summed E-state index contributed by atoms with van der Waals surface area (Å²) in [5.74, 6) is 0.889. The van der Waals surface area contributed by atoms with Crippen LogP contribution in [0.15, 0.2) is 53.4 Å². The highest BCUT2D eigenvalue weighted by Crippen LogP contribution is 2.40. The minimum atomic E-state index is -0.0444. The van der Waals surface area contributed by atoms with Crippen LogP contribution in [0, 0.1) is 6.92 Å². The molecule has 5 rings (SSSR count). The molecule has 8 heteroatoms. The number of hydrogen-bond acceptors (Lipinski definition) is 6. The number of aryl methyl sites for hydroxylation is 1. The fraction of sp³-hybridized carbons (Fsp3) is 0.150. The average molecular weight is 388 g/mol. The summed E-state index contributed by atoms with van der Waals surface area (Å²) >= 11 is 1.62. The molecular weight excluding hydrogens is 372 g/mol. The minimum Gasteiger partial charge on any atom is -0.310 e. The lowest BCUT2D eigenvalue weighted by Gasteiger charge is -2.23. The Bertz CT molecular complexity index is 1150. The Hall–Kier alpha value is -3.39. The minimum absolute atomic E-state index is 0.0194. The van der Waals surface area contributed by atoms with Gasteiger partial charge in [0.25, 0.3) is 5.95 Å². The van der Waals surface area contributed by atoms with Crippen LogP contribution in [0.5, 0.6) is 0 Å². The number of hydrogen-bond donors (Lipinski definition) is 1. The number of thiophene rings is 1. The third kappa shape index (κ3) is 2.78. The van der Waals surface area contributed by atoms with Crippen molar-refractivity contribution >= 4 is 23.1 Å². The molecule has 0 saturated heterocycles. The van der Waals surface area contributed by atoms with Crippen LogP contribution in [0.4, 0.5) is 5.82 Å². The Morgan fingerprint density at radius 1 is 1.21 bits per heavy atom. The van der Waals surface area contributed by atoms with E-state index in [-0.39, 0.29) is 11.8 Å². The van der Waals surface area contributed by atoms with Crippen molar-refractivity contribution in [2.75, 3.05) is 5.32 Å². The second-order valence-corrected chi connectivity index (χ2v) is 7.41. The van der Waals surface area contributed by atoms with Gasteiger partial charge in [-0.25, -0.2) is 4.98 Å². The van der Waals surface area contributed by atoms with E-state index in [1.807, 2.05) is 42.6 Å². The predicted octanol–water partition coefficient (Wildman–Crippen LogP) is 3.57. The van der Waals surface area contributed by atoms with E-state index in [2.05, 4.69) is 37.0 Å². The highest BCUT2D eigenvalue weighted by molar-refractivity contribution is 7.08. The Morgan fingerprint density at radius 3 is 2.86 bits per heavy atom. The van der Waals surface area contributed by atoms with E-state index >= 15 is 0 Å². The van der Waals surface area contributed by atoms with Crippen LogP contribution in [0.2, 0.25) is 0 Å². The number of nitrogens with zero attached hydrogens (tertiary/aromatic N) is 5. The van der Waals surface area contributed by atoms with Gasteiger partial charge in [0, 0.05) is 23.5 Å². The van der Waals surface area contributed by atoms with Crippen LogP contribution < -0.4 is 5.32 Å². The molecule has 4 heterocycles. The quantitative estimate of drug-likeness (QED) is 0.580. The van der Waals surface area contributed by atoms with Crippen LogP contribution in [0.25, 0.3) is 17.2 Å². The van der Waals surface area contributed by atoms with Crippen molar-refractivity contribution in [2.24, 2.45) is 0 Å². The second kappa shape index (κ2) is 6.65. The molecule has 4 aromatic rings. The maximum Gasteiger partial charge on any atom is 0.272 e. The van der Waals surface area contributed by atoms with Gasteiger partial charge in [0.2, 0.25) is 5.91 Å². The van der Waals surface area contributed by atoms with Crippen molar-refractivity contribution in [1.29, 1.82) is 0 Å². The molecule has 0 aliphatic carbocycles. The molecule has 1 N–H and O–H groups in total. The fourth-order valence-corrected chi connectivity index (χ4v) is 4.30. The van der Waals surface area contributed by atoms with Gasteiger partial charge in [-0.2, -0.15) is 26.2 Å². The van der Waals surface area contributed by atoms with Gasteiger partial charge < -0.3 is 5.32 Å². The van der Waals surface area contributed by atoms with E-state index in [0.717, 1.165) is 22.4 Å². The van der Waals surface area contributed by atoms with Gasteiger partial charge in [0.15, 0.2) is 0 Å². The molecule has 1 aliphatic rings. The molecule has 3 aromatic heterocycles. The van der Waals surface area contributed by atoms with Gasteiger partial charge in [-0.05, 0) is 29.3 Å². The summed E-state index contributed by atoms with van der Waals surface area (Å²) in [7, 11) is 0. The molecule has 1 unspecified atom stereocenters. The first-order chi connectivity index (χ1) is 13.7. The molecule has 0 fully saturated rings. The van der Waals surface area contributed by atoms with Gasteiger partial charge in [-0.3, -0.25) is 4.79 Å². The first-order valence-corrected chi connectivity index (χ1v) is 9.82. The van der Waals surface area contributed by atoms with Gasteiger partial charge >= 0.3 is 0 Å². The van der Waals surface area contributed by atoms with E-state index in [1.165, 1.54) is 0 Å². The second-order valence-electron chi connectivity index (χ2n) is 6.63. The van der Waals surface area contributed by atoms with Crippen LogP contribution >= 0.6 is 11.3 Å². The lowest BCUT2D eigenvalue weighted by Crippen LogP contribution is -2.25. The van der Waals surface area contributed by atoms with Crippen molar-refractivity contribution in [3.8, 4) is 17.2 Å². The van der Waals surface area contributed by atoms with Gasteiger partial charge in [-0.15, -0.1) is 5.10 Å². The van der Waals surface area contributed by atoms with E-state index < -0.39 is 0 Å². The first-order valence-electron chi connectivity index (χ1n) is 8.87. The molecule has 138 valence electrons. The molecule has 1 atom stereocenters. The number of fused-ring (bicyclic) bond motifs is 1. The molecular formula is C20H16N6OS. The zero-order valence-electron chi connectivity index (χ0n) is 15.0. The molecule has 0 radical (unpaired) electrons. The summed E-state index contributed by atoms with van der Waals surface area (Å²) in [4.78, 5) is 17.0. The number of aromatic nitrogens is 5. The normalized spacial score (nSPS) is 15.9. The monoisotopic (exact) mass is 388 g/mol. The summed E-state index contributed by atoms with van der Waals surface area (Å²) < 4.78 is 1.58. The summed E-state index contributed by atoms with van der Waals surface area (Å²) in [5.41, 5.74) is 4.62. The predicted molar refractivity (Wildman–Crippen MR) is 107 cm³/mol. The Labute approximate surface area is 165 Å². The Kier molecular flexibility index (Phi) is 3.98. The first kappa shape index (κ1) is 16.8. The standard InChI is InChI=1S/C20H16N6OS/c1-12-18-15(14-7-8-28-11-14)9-17(27)23-19(18)26(25-12)20-22-16(10-21-24-20)13-5-3-2-4-6-13/h2-8,10-11,15H,9H2,1H3,(H,23,27). The maximum atomic E-state index is 12.4. The van der Waals surface area contributed by atoms with Gasteiger partial charge in [-0.1, -0.05) is 30.3 Å². The molecule has 0 saturated carbocycles. The molecule has 1 amide bonds. The fourth-order valence-electron chi connectivity index (χ4n) is 3.58. The van der Waals surface area contributed by atoms with Crippen molar-refractivity contribution in [1.82, 2.24) is 25.0 Å². The van der Waals surface area contributed by atoms with Crippen LogP contribution in [0.1, 0.15) is 29.2 Å². The Morgan fingerprint density at radius 2 is 2.07 bits per heavy atom. The highest BCUT2D eigenvalue weighted by Gasteiger charge is 2.33. The molecule has 1 aliphatic heterocycles. The average Bonchev–Trinajstić information content (AvgIpc) is 3.37. The third-order valence-electron chi connectivity index (χ3n) is 4.85. The number of carbonyl (C=O) groups is 1. The molecule has 0 spiro atoms. The number of anilines is 1. The SMILES string of the molecule is Cc1nn(-c2nncc(-c3ccccc3)n2)c2c1C(c1ccsc1)CC(=O)N2. The molecule has 1 aromatic carbocycles. The maximum absolute atomic E-state index is 12.4. The van der Waals surface area contributed by atoms with E-state index in [0.29, 0.717) is 23.9 Å².